The Hall–Kier alpha value is 2.36. The van der Waals surface area contributed by atoms with Gasteiger partial charge in [-0.3, -0.25) is 0 Å². The summed E-state index contributed by atoms with van der Waals surface area (Å²) in [6, 6.07) is 0. The third kappa shape index (κ3) is 60.7. The van der Waals surface area contributed by atoms with Gasteiger partial charge in [-0.1, -0.05) is 13.1 Å². The van der Waals surface area contributed by atoms with Gasteiger partial charge in [0.1, 0.15) is 0 Å². The predicted octanol–water partition coefficient (Wildman–Crippen LogP) is 0.945. The Kier molecular flexibility index (Phi) is 131. The summed E-state index contributed by atoms with van der Waals surface area (Å²) in [4.78, 5) is 0. The molecule has 4 heteroatoms. The Morgan fingerprint density at radius 3 is 1.14 bits per heavy atom. The molecule has 0 aliphatic heterocycles. The molecule has 0 aromatic carbocycles. The van der Waals surface area contributed by atoms with Crippen LogP contribution in [0.1, 0.15) is 0 Å². The molecule has 0 aliphatic carbocycles. The van der Waals surface area contributed by atoms with Crippen LogP contribution in [-0.2, 0) is 66.4 Å². The predicted molar refractivity (Wildman–Crippen MR) is 30.8 cm³/mol. The van der Waals surface area contributed by atoms with Gasteiger partial charge < -0.3 is 12.6 Å². The molecule has 0 heterocycles. The van der Waals surface area contributed by atoms with E-state index in [-0.39, 0.29) is 53.8 Å². The van der Waals surface area contributed by atoms with Crippen molar-refractivity contribution in [2.45, 2.75) is 13.1 Å². The molecule has 0 aliphatic rings. The van der Waals surface area contributed by atoms with Crippen LogP contribution in [0.4, 0.5) is 0 Å². The fourth-order valence-electron chi connectivity index (χ4n) is 0. The minimum atomic E-state index is 0. The van der Waals surface area contributed by atoms with Gasteiger partial charge in [-0.05, 0) is 0 Å². The van der Waals surface area contributed by atoms with Crippen LogP contribution >= 0.6 is 0 Å². The van der Waals surface area contributed by atoms with Crippen LogP contribution in [0, 0.1) is 0 Å². The van der Waals surface area contributed by atoms with Gasteiger partial charge >= 0.3 is 0 Å². The van der Waals surface area contributed by atoms with Crippen molar-refractivity contribution in [3.8, 4) is 0 Å². The van der Waals surface area contributed by atoms with Gasteiger partial charge in [0.2, 0.25) is 0 Å². The summed E-state index contributed by atoms with van der Waals surface area (Å²) in [7, 11) is 1.08. The molecule has 0 saturated heterocycles. The molecule has 0 spiro atoms. The first kappa shape index (κ1) is 22.8. The molecule has 0 nitrogen and oxygen atoms in total. The first-order valence-corrected chi connectivity index (χ1v) is 4.22. The zero-order valence-corrected chi connectivity index (χ0v) is 12.5. The van der Waals surface area contributed by atoms with Crippen molar-refractivity contribution in [1.29, 1.82) is 0 Å². The van der Waals surface area contributed by atoms with E-state index in [2.05, 4.69) is 25.7 Å². The normalized spacial score (nSPS) is 3.43. The van der Waals surface area contributed by atoms with Crippen LogP contribution < -0.4 is 0 Å². The van der Waals surface area contributed by atoms with E-state index in [1.165, 1.54) is 0 Å². The summed E-state index contributed by atoms with van der Waals surface area (Å²) >= 11 is 4.08. The van der Waals surface area contributed by atoms with E-state index in [1.807, 2.05) is 0 Å². The maximum absolute atomic E-state index is 4.08. The van der Waals surface area contributed by atoms with Gasteiger partial charge in [0.05, 0.1) is 0 Å². The largest absolute Gasteiger partial charge is 0.796 e. The average molecular weight is 378 g/mol. The van der Waals surface area contributed by atoms with Crippen LogP contribution in [0.25, 0.3) is 0 Å². The molecule has 41 valence electrons. The molecule has 0 rings (SSSR count). The molecule has 0 amide bonds. The maximum Gasteiger partial charge on any atom is 0.0307 e. The molecule has 0 saturated carbocycles. The summed E-state index contributed by atoms with van der Waals surface area (Å²) < 4.78 is 0. The second kappa shape index (κ2) is 40.1. The third-order valence-electron chi connectivity index (χ3n) is 0. The smallest absolute Gasteiger partial charge is 0.0307 e. The molecule has 3 radical (unpaired) electrons. The fourth-order valence-corrected chi connectivity index (χ4v) is 0. The van der Waals surface area contributed by atoms with Gasteiger partial charge in [-0.15, -0.1) is 0 Å². The quantitative estimate of drug-likeness (QED) is 0.447. The molecular formula is C3H9SSiWY-. The molecular weight excluding hydrogens is 369 g/mol. The molecule has 0 aromatic rings. The van der Waals surface area contributed by atoms with E-state index in [9.17, 15) is 0 Å². The van der Waals surface area contributed by atoms with E-state index in [0.29, 0.717) is 0 Å². The van der Waals surface area contributed by atoms with Crippen LogP contribution in [0.15, 0.2) is 0 Å². The topological polar surface area (TPSA) is 0 Å². The summed E-state index contributed by atoms with van der Waals surface area (Å²) in [5.41, 5.74) is 0. The van der Waals surface area contributed by atoms with Crippen molar-refractivity contribution >= 4 is 22.1 Å². The van der Waals surface area contributed by atoms with Crippen molar-refractivity contribution in [3.63, 3.8) is 0 Å². The van der Waals surface area contributed by atoms with Gasteiger partial charge in [-0.2, -0.15) is 6.26 Å². The summed E-state index contributed by atoms with van der Waals surface area (Å²) in [6.07, 6.45) is 1.58. The van der Waals surface area contributed by atoms with E-state index >= 15 is 0 Å². The molecule has 0 aromatic heterocycles. The van der Waals surface area contributed by atoms with Crippen LogP contribution in [0.5, 0.6) is 0 Å². The standard InChI is InChI=1S/C2H6Si.CH4S.W.Y/c1-3-2;1-2;;/h1-2H3;2H,1H3;;/p-1. The first-order valence-electron chi connectivity index (χ1n) is 1.41. The van der Waals surface area contributed by atoms with Crippen LogP contribution in [0.3, 0.4) is 0 Å². The Bertz CT molecular complexity index is 14.9. The minimum absolute atomic E-state index is 0. The van der Waals surface area contributed by atoms with Gasteiger partial charge in [-0.25, -0.2) is 0 Å². The number of hydrogen-bond acceptors (Lipinski definition) is 1. The van der Waals surface area contributed by atoms with Crippen molar-refractivity contribution < 1.29 is 53.8 Å². The SMILES string of the molecule is C[S-].C[Si]C.[W].[Y]. The van der Waals surface area contributed by atoms with E-state index < -0.39 is 0 Å². The van der Waals surface area contributed by atoms with Crippen LogP contribution in [-0.4, -0.2) is 15.8 Å². The maximum atomic E-state index is 4.08. The Morgan fingerprint density at radius 2 is 1.14 bits per heavy atom. The van der Waals surface area contributed by atoms with Gasteiger partial charge in [0, 0.05) is 63.3 Å². The average Bonchev–Trinajstić information content (AvgIpc) is 1.46. The first-order chi connectivity index (χ1) is 2.41. The second-order valence-corrected chi connectivity index (χ2v) is 1.50. The Morgan fingerprint density at radius 1 is 1.14 bits per heavy atom. The Balaban J connectivity index is -0.0000000105. The zero-order valence-electron chi connectivity index (χ0n) is 4.89. The molecule has 0 unspecified atom stereocenters. The van der Waals surface area contributed by atoms with E-state index in [0.717, 1.165) is 9.52 Å². The minimum Gasteiger partial charge on any atom is -0.796 e. The third-order valence-corrected chi connectivity index (χ3v) is 0. The number of hydrogen-bond donors (Lipinski definition) is 0. The molecule has 0 atom stereocenters. The second-order valence-electron chi connectivity index (χ2n) is 0.500. The summed E-state index contributed by atoms with van der Waals surface area (Å²) in [5.74, 6) is 0. The van der Waals surface area contributed by atoms with Crippen molar-refractivity contribution in [2.75, 3.05) is 6.26 Å². The monoisotopic (exact) mass is 378 g/mol. The van der Waals surface area contributed by atoms with Gasteiger partial charge in [0.25, 0.3) is 0 Å². The van der Waals surface area contributed by atoms with E-state index in [4.69, 9.17) is 0 Å². The summed E-state index contributed by atoms with van der Waals surface area (Å²) in [5, 5.41) is 0. The zero-order chi connectivity index (χ0) is 4.71. The summed E-state index contributed by atoms with van der Waals surface area (Å²) in [6.45, 7) is 4.31. The molecule has 0 bridgehead atoms. The van der Waals surface area contributed by atoms with Gasteiger partial charge in [0.15, 0.2) is 0 Å². The van der Waals surface area contributed by atoms with Crippen LogP contribution in [0.2, 0.25) is 13.1 Å². The fraction of sp³-hybridized carbons (Fsp3) is 1.00. The molecule has 0 N–H and O–H groups in total. The van der Waals surface area contributed by atoms with Crippen molar-refractivity contribution in [2.24, 2.45) is 0 Å². The van der Waals surface area contributed by atoms with Crippen molar-refractivity contribution in [1.82, 2.24) is 0 Å². The number of rotatable bonds is 0. The Labute approximate surface area is 94.0 Å². The molecule has 0 fully saturated rings. The van der Waals surface area contributed by atoms with Crippen molar-refractivity contribution in [3.05, 3.63) is 0 Å². The molecule has 7 heavy (non-hydrogen) atoms. The van der Waals surface area contributed by atoms with E-state index in [1.54, 1.807) is 6.26 Å².